The van der Waals surface area contributed by atoms with Crippen LogP contribution < -0.4 is 5.32 Å². The number of sulfonamides is 1. The van der Waals surface area contributed by atoms with E-state index in [2.05, 4.69) is 5.32 Å². The number of sulfone groups is 1. The third kappa shape index (κ3) is 4.40. The number of hydrogen-bond donors (Lipinski definition) is 1. The summed E-state index contributed by atoms with van der Waals surface area (Å²) >= 11 is 0. The molecular weight excluding hydrogens is 312 g/mol. The lowest BCUT2D eigenvalue weighted by molar-refractivity contribution is 0.260. The Kier molecular flexibility index (Phi) is 5.67. The molecule has 2 fully saturated rings. The molecule has 0 aromatic rings. The Labute approximate surface area is 128 Å². The quantitative estimate of drug-likeness (QED) is 0.775. The summed E-state index contributed by atoms with van der Waals surface area (Å²) < 4.78 is 49.6. The Morgan fingerprint density at radius 1 is 1.10 bits per heavy atom. The van der Waals surface area contributed by atoms with Gasteiger partial charge in [-0.05, 0) is 51.6 Å². The van der Waals surface area contributed by atoms with E-state index in [1.54, 1.807) is 4.31 Å². The van der Waals surface area contributed by atoms with Crippen molar-refractivity contribution in [3.05, 3.63) is 0 Å². The molecule has 0 saturated carbocycles. The fourth-order valence-electron chi connectivity index (χ4n) is 3.18. The Balaban J connectivity index is 1.90. The average molecular weight is 338 g/mol. The van der Waals surface area contributed by atoms with Gasteiger partial charge in [-0.25, -0.2) is 21.1 Å². The number of rotatable bonds is 5. The van der Waals surface area contributed by atoms with Crippen molar-refractivity contribution in [2.24, 2.45) is 5.92 Å². The van der Waals surface area contributed by atoms with Gasteiger partial charge in [0.2, 0.25) is 10.0 Å². The molecule has 0 amide bonds. The van der Waals surface area contributed by atoms with Gasteiger partial charge in [-0.3, -0.25) is 0 Å². The largest absolute Gasteiger partial charge is 0.320 e. The van der Waals surface area contributed by atoms with Gasteiger partial charge >= 0.3 is 0 Å². The number of piperidine rings is 1. The summed E-state index contributed by atoms with van der Waals surface area (Å²) in [5.41, 5.74) is 0. The zero-order valence-corrected chi connectivity index (χ0v) is 14.3. The van der Waals surface area contributed by atoms with Gasteiger partial charge in [-0.15, -0.1) is 0 Å². The Morgan fingerprint density at radius 3 is 2.19 bits per heavy atom. The average Bonchev–Trinajstić information content (AvgIpc) is 2.45. The van der Waals surface area contributed by atoms with Gasteiger partial charge in [-0.2, -0.15) is 0 Å². The second-order valence-corrected chi connectivity index (χ2v) is 10.6. The molecular formula is C13H26N2O4S2. The molecule has 2 rings (SSSR count). The zero-order chi connectivity index (χ0) is 15.5. The van der Waals surface area contributed by atoms with Gasteiger partial charge in [0.25, 0.3) is 0 Å². The van der Waals surface area contributed by atoms with Gasteiger partial charge in [-0.1, -0.05) is 0 Å². The molecule has 0 aromatic carbocycles. The van der Waals surface area contributed by atoms with Crippen molar-refractivity contribution in [1.29, 1.82) is 0 Å². The lowest BCUT2D eigenvalue weighted by atomic mass is 9.95. The minimum absolute atomic E-state index is 0.00946. The number of nitrogens with one attached hydrogen (secondary N) is 1. The van der Waals surface area contributed by atoms with Crippen molar-refractivity contribution in [3.8, 4) is 0 Å². The molecule has 124 valence electrons. The molecule has 8 heteroatoms. The van der Waals surface area contributed by atoms with Crippen molar-refractivity contribution >= 4 is 19.9 Å². The number of hydrogen-bond acceptors (Lipinski definition) is 5. The van der Waals surface area contributed by atoms with Crippen LogP contribution in [-0.4, -0.2) is 64.6 Å². The molecule has 0 spiro atoms. The molecule has 0 bridgehead atoms. The Morgan fingerprint density at radius 2 is 1.67 bits per heavy atom. The highest BCUT2D eigenvalue weighted by Gasteiger charge is 2.37. The van der Waals surface area contributed by atoms with Gasteiger partial charge in [0.05, 0.1) is 16.8 Å². The maximum Gasteiger partial charge on any atom is 0.217 e. The van der Waals surface area contributed by atoms with E-state index >= 15 is 0 Å². The van der Waals surface area contributed by atoms with E-state index in [0.29, 0.717) is 19.0 Å². The van der Waals surface area contributed by atoms with Crippen LogP contribution in [-0.2, 0) is 19.9 Å². The predicted octanol–water partition coefficient (Wildman–Crippen LogP) is 0.215. The van der Waals surface area contributed by atoms with Crippen molar-refractivity contribution in [3.63, 3.8) is 0 Å². The van der Waals surface area contributed by atoms with Crippen LogP contribution >= 0.6 is 0 Å². The summed E-state index contributed by atoms with van der Waals surface area (Å²) in [6.45, 7) is 2.14. The first-order valence-electron chi connectivity index (χ1n) is 7.69. The first kappa shape index (κ1) is 17.2. The van der Waals surface area contributed by atoms with E-state index in [0.717, 1.165) is 25.8 Å². The first-order valence-corrected chi connectivity index (χ1v) is 11.0. The number of nitrogens with zero attached hydrogens (tertiary/aromatic N) is 1. The molecule has 2 heterocycles. The van der Waals surface area contributed by atoms with Crippen LogP contribution in [0.2, 0.25) is 0 Å². The summed E-state index contributed by atoms with van der Waals surface area (Å²) in [5, 5.41) is 2.62. The molecule has 6 nitrogen and oxygen atoms in total. The molecule has 21 heavy (non-hydrogen) atoms. The second kappa shape index (κ2) is 6.93. The van der Waals surface area contributed by atoms with E-state index in [9.17, 15) is 16.8 Å². The first-order chi connectivity index (χ1) is 9.85. The standard InChI is InChI=1S/C13H26N2O4S2/c1-14-7-2-12-3-8-15(9-4-12)21(18,19)13-5-10-20(16,17)11-6-13/h12-14H,2-11H2,1H3. The highest BCUT2D eigenvalue weighted by atomic mass is 32.2. The molecule has 0 aliphatic carbocycles. The summed E-state index contributed by atoms with van der Waals surface area (Å²) in [6, 6.07) is 0. The minimum Gasteiger partial charge on any atom is -0.320 e. The third-order valence-electron chi connectivity index (χ3n) is 4.66. The van der Waals surface area contributed by atoms with E-state index in [1.165, 1.54) is 0 Å². The van der Waals surface area contributed by atoms with Crippen molar-refractivity contribution < 1.29 is 16.8 Å². The highest BCUT2D eigenvalue weighted by Crippen LogP contribution is 2.27. The predicted molar refractivity (Wildman–Crippen MR) is 83.4 cm³/mol. The molecule has 2 aliphatic heterocycles. The summed E-state index contributed by atoms with van der Waals surface area (Å²) in [7, 11) is -4.41. The lowest BCUT2D eigenvalue weighted by Gasteiger charge is -2.34. The van der Waals surface area contributed by atoms with Crippen molar-refractivity contribution in [1.82, 2.24) is 9.62 Å². The SMILES string of the molecule is CNCCC1CCN(S(=O)(=O)C2CCS(=O)(=O)CC2)CC1. The van der Waals surface area contributed by atoms with Crippen LogP contribution in [0.25, 0.3) is 0 Å². The molecule has 1 N–H and O–H groups in total. The van der Waals surface area contributed by atoms with Gasteiger partial charge in [0.15, 0.2) is 0 Å². The van der Waals surface area contributed by atoms with E-state index in [-0.39, 0.29) is 24.3 Å². The fourth-order valence-corrected chi connectivity index (χ4v) is 6.94. The molecule has 0 radical (unpaired) electrons. The van der Waals surface area contributed by atoms with Crippen LogP contribution in [0.5, 0.6) is 0 Å². The Bertz CT molecular complexity index is 523. The smallest absolute Gasteiger partial charge is 0.217 e. The maximum absolute atomic E-state index is 12.6. The molecule has 0 unspecified atom stereocenters. The molecule has 0 aromatic heterocycles. The summed E-state index contributed by atoms with van der Waals surface area (Å²) in [5.74, 6) is 0.612. The fraction of sp³-hybridized carbons (Fsp3) is 1.00. The third-order valence-corrected chi connectivity index (χ3v) is 8.77. The van der Waals surface area contributed by atoms with Crippen LogP contribution in [0.15, 0.2) is 0 Å². The zero-order valence-electron chi connectivity index (χ0n) is 12.6. The maximum atomic E-state index is 12.6. The van der Waals surface area contributed by atoms with Gasteiger partial charge in [0.1, 0.15) is 9.84 Å². The van der Waals surface area contributed by atoms with E-state index in [4.69, 9.17) is 0 Å². The van der Waals surface area contributed by atoms with Crippen molar-refractivity contribution in [2.75, 3.05) is 38.2 Å². The van der Waals surface area contributed by atoms with Crippen LogP contribution in [0, 0.1) is 5.92 Å². The minimum atomic E-state index is -3.33. The van der Waals surface area contributed by atoms with E-state index < -0.39 is 25.1 Å². The van der Waals surface area contributed by atoms with E-state index in [1.807, 2.05) is 7.05 Å². The van der Waals surface area contributed by atoms with Crippen LogP contribution in [0.1, 0.15) is 32.1 Å². The van der Waals surface area contributed by atoms with Crippen LogP contribution in [0.4, 0.5) is 0 Å². The molecule has 0 atom stereocenters. The lowest BCUT2D eigenvalue weighted by Crippen LogP contribution is -2.46. The normalized spacial score (nSPS) is 26.0. The second-order valence-electron chi connectivity index (χ2n) is 6.13. The van der Waals surface area contributed by atoms with Gasteiger partial charge < -0.3 is 5.32 Å². The summed E-state index contributed by atoms with van der Waals surface area (Å²) in [6.07, 6.45) is 3.42. The summed E-state index contributed by atoms with van der Waals surface area (Å²) in [4.78, 5) is 0. The van der Waals surface area contributed by atoms with Gasteiger partial charge in [0, 0.05) is 13.1 Å². The molecule has 2 aliphatic rings. The molecule has 2 saturated heterocycles. The van der Waals surface area contributed by atoms with Crippen molar-refractivity contribution in [2.45, 2.75) is 37.4 Å². The Hall–Kier alpha value is -0.180. The monoisotopic (exact) mass is 338 g/mol. The topological polar surface area (TPSA) is 83.6 Å². The highest BCUT2D eigenvalue weighted by molar-refractivity contribution is 7.92. The van der Waals surface area contributed by atoms with Crippen LogP contribution in [0.3, 0.4) is 0 Å².